The summed E-state index contributed by atoms with van der Waals surface area (Å²) in [6, 6.07) is 9.73. The van der Waals surface area contributed by atoms with Crippen LogP contribution < -0.4 is 5.32 Å². The van der Waals surface area contributed by atoms with Crippen molar-refractivity contribution < 1.29 is 9.18 Å². The highest BCUT2D eigenvalue weighted by Gasteiger charge is 2.13. The highest BCUT2D eigenvalue weighted by Crippen LogP contribution is 2.10. The Morgan fingerprint density at radius 1 is 1.26 bits per heavy atom. The molecule has 6 nitrogen and oxygen atoms in total. The number of hydrogen-bond donors (Lipinski definition) is 1. The summed E-state index contributed by atoms with van der Waals surface area (Å²) >= 11 is 0. The fourth-order valence-corrected chi connectivity index (χ4v) is 2.34. The number of aryl methyl sites for hydroxylation is 2. The molecule has 7 heteroatoms. The number of hydrogen-bond acceptors (Lipinski definition) is 3. The van der Waals surface area contributed by atoms with Crippen LogP contribution in [0.4, 0.5) is 10.2 Å². The van der Waals surface area contributed by atoms with E-state index < -0.39 is 0 Å². The first-order valence-corrected chi connectivity index (χ1v) is 7.11. The number of nitrogens with one attached hydrogen (secondary N) is 1. The van der Waals surface area contributed by atoms with Gasteiger partial charge in [0.25, 0.3) is 5.91 Å². The minimum absolute atomic E-state index is 0.274. The third-order valence-electron chi connectivity index (χ3n) is 3.35. The van der Waals surface area contributed by atoms with Crippen molar-refractivity contribution in [1.29, 1.82) is 0 Å². The second-order valence-electron chi connectivity index (χ2n) is 5.28. The van der Waals surface area contributed by atoms with Crippen LogP contribution in [0, 0.1) is 12.7 Å². The summed E-state index contributed by atoms with van der Waals surface area (Å²) in [6.45, 7) is 2.25. The Morgan fingerprint density at radius 2 is 2.09 bits per heavy atom. The van der Waals surface area contributed by atoms with Crippen molar-refractivity contribution in [3.8, 4) is 0 Å². The molecule has 0 fully saturated rings. The lowest BCUT2D eigenvalue weighted by Gasteiger charge is -2.03. The molecule has 1 N–H and O–H groups in total. The lowest BCUT2D eigenvalue weighted by Crippen LogP contribution is -2.16. The molecule has 3 rings (SSSR count). The van der Waals surface area contributed by atoms with E-state index in [4.69, 9.17) is 0 Å². The average molecular weight is 313 g/mol. The maximum absolute atomic E-state index is 13.2. The molecule has 2 heterocycles. The van der Waals surface area contributed by atoms with Gasteiger partial charge in [0.1, 0.15) is 11.5 Å². The maximum Gasteiger partial charge on any atom is 0.275 e. The quantitative estimate of drug-likeness (QED) is 0.804. The van der Waals surface area contributed by atoms with Gasteiger partial charge in [0.2, 0.25) is 0 Å². The molecule has 0 aliphatic rings. The third-order valence-corrected chi connectivity index (χ3v) is 3.35. The first-order valence-electron chi connectivity index (χ1n) is 7.11. The Bertz CT molecular complexity index is 852. The molecule has 118 valence electrons. The van der Waals surface area contributed by atoms with E-state index in [-0.39, 0.29) is 11.7 Å². The molecular formula is C16H16FN5O. The Hall–Kier alpha value is -2.96. The molecule has 0 atom stereocenters. The molecule has 1 aromatic carbocycles. The van der Waals surface area contributed by atoms with Crippen molar-refractivity contribution in [2.75, 3.05) is 5.32 Å². The monoisotopic (exact) mass is 313 g/mol. The van der Waals surface area contributed by atoms with Gasteiger partial charge in [0.05, 0.1) is 12.2 Å². The summed E-state index contributed by atoms with van der Waals surface area (Å²) in [6.07, 6.45) is 1.73. The number of benzene rings is 1. The van der Waals surface area contributed by atoms with Crippen molar-refractivity contribution in [2.45, 2.75) is 13.5 Å². The predicted octanol–water partition coefficient (Wildman–Crippen LogP) is 2.36. The largest absolute Gasteiger partial charge is 0.304 e. The number of anilines is 1. The zero-order chi connectivity index (χ0) is 16.4. The predicted molar refractivity (Wildman–Crippen MR) is 83.6 cm³/mol. The van der Waals surface area contributed by atoms with Crippen LogP contribution in [-0.2, 0) is 13.6 Å². The number of carbonyl (C=O) groups excluding carboxylic acids is 1. The van der Waals surface area contributed by atoms with E-state index in [1.165, 1.54) is 16.8 Å². The number of nitrogens with zero attached hydrogens (tertiary/aromatic N) is 4. The van der Waals surface area contributed by atoms with E-state index in [0.29, 0.717) is 18.1 Å². The summed E-state index contributed by atoms with van der Waals surface area (Å²) in [5, 5.41) is 11.1. The van der Waals surface area contributed by atoms with Crippen molar-refractivity contribution >= 4 is 11.7 Å². The SMILES string of the molecule is Cc1cc(C(=O)Nc2ccn(Cc3cccc(F)c3)n2)n(C)n1. The van der Waals surface area contributed by atoms with Crippen molar-refractivity contribution in [1.82, 2.24) is 19.6 Å². The molecule has 0 spiro atoms. The zero-order valence-electron chi connectivity index (χ0n) is 12.8. The fraction of sp³-hybridized carbons (Fsp3) is 0.188. The second-order valence-corrected chi connectivity index (χ2v) is 5.28. The Labute approximate surface area is 132 Å². The van der Waals surface area contributed by atoms with Crippen LogP contribution in [0.3, 0.4) is 0 Å². The summed E-state index contributed by atoms with van der Waals surface area (Å²) in [4.78, 5) is 12.2. The van der Waals surface area contributed by atoms with Gasteiger partial charge in [-0.2, -0.15) is 10.2 Å². The summed E-state index contributed by atoms with van der Waals surface area (Å²) in [5.74, 6) is -0.121. The van der Waals surface area contributed by atoms with E-state index in [0.717, 1.165) is 11.3 Å². The van der Waals surface area contributed by atoms with Crippen LogP contribution >= 0.6 is 0 Å². The van der Waals surface area contributed by atoms with Gasteiger partial charge in [-0.1, -0.05) is 12.1 Å². The van der Waals surface area contributed by atoms with Gasteiger partial charge in [0, 0.05) is 19.3 Å². The highest BCUT2D eigenvalue weighted by atomic mass is 19.1. The lowest BCUT2D eigenvalue weighted by atomic mass is 10.2. The Kier molecular flexibility index (Phi) is 3.92. The normalized spacial score (nSPS) is 10.7. The lowest BCUT2D eigenvalue weighted by molar-refractivity contribution is 0.101. The molecule has 0 saturated heterocycles. The van der Waals surface area contributed by atoms with Crippen LogP contribution in [-0.4, -0.2) is 25.5 Å². The van der Waals surface area contributed by atoms with Crippen LogP contribution in [0.15, 0.2) is 42.6 Å². The average Bonchev–Trinajstić information content (AvgIpc) is 3.05. The molecular weight excluding hydrogens is 297 g/mol. The van der Waals surface area contributed by atoms with Gasteiger partial charge in [-0.15, -0.1) is 0 Å². The van der Waals surface area contributed by atoms with E-state index >= 15 is 0 Å². The van der Waals surface area contributed by atoms with Crippen LogP contribution in [0.5, 0.6) is 0 Å². The first kappa shape index (κ1) is 15.0. The standard InChI is InChI=1S/C16H16FN5O/c1-11-8-14(21(2)19-11)16(23)18-15-6-7-22(20-15)10-12-4-3-5-13(17)9-12/h3-9H,10H2,1-2H3,(H,18,20,23). The van der Waals surface area contributed by atoms with Crippen LogP contribution in [0.1, 0.15) is 21.7 Å². The van der Waals surface area contributed by atoms with Gasteiger partial charge in [-0.25, -0.2) is 4.39 Å². The van der Waals surface area contributed by atoms with E-state index in [2.05, 4.69) is 15.5 Å². The van der Waals surface area contributed by atoms with Crippen molar-refractivity contribution in [2.24, 2.45) is 7.05 Å². The van der Waals surface area contributed by atoms with Gasteiger partial charge in [-0.05, 0) is 30.7 Å². The van der Waals surface area contributed by atoms with Gasteiger partial charge < -0.3 is 5.32 Å². The van der Waals surface area contributed by atoms with Gasteiger partial charge in [0.15, 0.2) is 5.82 Å². The summed E-state index contributed by atoms with van der Waals surface area (Å²) in [5.41, 5.74) is 2.03. The number of carbonyl (C=O) groups is 1. The van der Waals surface area contributed by atoms with E-state index in [1.54, 1.807) is 36.1 Å². The summed E-state index contributed by atoms with van der Waals surface area (Å²) in [7, 11) is 1.71. The minimum Gasteiger partial charge on any atom is -0.304 e. The van der Waals surface area contributed by atoms with Crippen LogP contribution in [0.25, 0.3) is 0 Å². The number of amides is 1. The fourth-order valence-electron chi connectivity index (χ4n) is 2.34. The maximum atomic E-state index is 13.2. The van der Waals surface area contributed by atoms with Crippen molar-refractivity contribution in [3.05, 3.63) is 65.4 Å². The van der Waals surface area contributed by atoms with E-state index in [9.17, 15) is 9.18 Å². The molecule has 0 aliphatic heterocycles. The minimum atomic E-state index is -0.283. The van der Waals surface area contributed by atoms with Gasteiger partial charge in [-0.3, -0.25) is 14.2 Å². The molecule has 0 radical (unpaired) electrons. The van der Waals surface area contributed by atoms with Crippen LogP contribution in [0.2, 0.25) is 0 Å². The Balaban J connectivity index is 1.70. The topological polar surface area (TPSA) is 64.7 Å². The number of rotatable bonds is 4. The Morgan fingerprint density at radius 3 is 2.78 bits per heavy atom. The molecule has 1 amide bonds. The third kappa shape index (κ3) is 3.45. The molecule has 23 heavy (non-hydrogen) atoms. The van der Waals surface area contributed by atoms with Crippen molar-refractivity contribution in [3.63, 3.8) is 0 Å². The van der Waals surface area contributed by atoms with Gasteiger partial charge >= 0.3 is 0 Å². The van der Waals surface area contributed by atoms with E-state index in [1.807, 2.05) is 13.0 Å². The molecule has 0 unspecified atom stereocenters. The molecule has 0 bridgehead atoms. The summed E-state index contributed by atoms with van der Waals surface area (Å²) < 4.78 is 16.3. The molecule has 0 aliphatic carbocycles. The number of aromatic nitrogens is 4. The highest BCUT2D eigenvalue weighted by molar-refractivity contribution is 6.02. The molecule has 2 aromatic heterocycles. The number of halogens is 1. The zero-order valence-corrected chi connectivity index (χ0v) is 12.8. The molecule has 0 saturated carbocycles. The second kappa shape index (κ2) is 6.04. The smallest absolute Gasteiger partial charge is 0.275 e. The first-order chi connectivity index (χ1) is 11.0. The molecule has 3 aromatic rings.